The fraction of sp³-hybridized carbons (Fsp3) is 0.500. The van der Waals surface area contributed by atoms with E-state index in [0.29, 0.717) is 5.56 Å². The van der Waals surface area contributed by atoms with Crippen molar-refractivity contribution in [3.8, 4) is 5.75 Å². The fourth-order valence-corrected chi connectivity index (χ4v) is 5.57. The maximum Gasteiger partial charge on any atom is 0.387 e. The van der Waals surface area contributed by atoms with Crippen molar-refractivity contribution < 1.29 is 26.7 Å². The first-order valence-electron chi connectivity index (χ1n) is 8.81. The number of ether oxygens (including phenoxy) is 1. The quantitative estimate of drug-likeness (QED) is 0.736. The Bertz CT molecular complexity index is 807. The minimum absolute atomic E-state index is 0.0325. The van der Waals surface area contributed by atoms with Gasteiger partial charge in [-0.3, -0.25) is 9.69 Å². The van der Waals surface area contributed by atoms with Gasteiger partial charge in [0.15, 0.2) is 9.84 Å². The summed E-state index contributed by atoms with van der Waals surface area (Å²) >= 11 is 0. The van der Waals surface area contributed by atoms with Crippen LogP contribution >= 0.6 is 0 Å². The average Bonchev–Trinajstić information content (AvgIpc) is 3.21. The van der Waals surface area contributed by atoms with Crippen LogP contribution in [0.1, 0.15) is 18.4 Å². The Labute approximate surface area is 157 Å². The van der Waals surface area contributed by atoms with Crippen LogP contribution in [0.2, 0.25) is 0 Å². The Morgan fingerprint density at radius 2 is 1.93 bits per heavy atom. The van der Waals surface area contributed by atoms with Crippen LogP contribution in [0, 0.1) is 0 Å². The van der Waals surface area contributed by atoms with Gasteiger partial charge >= 0.3 is 6.61 Å². The lowest BCUT2D eigenvalue weighted by Crippen LogP contribution is -2.49. The molecule has 2 fully saturated rings. The number of carbonyl (C=O) groups excluding carboxylic acids is 1. The topological polar surface area (TPSA) is 75.7 Å². The Hall–Kier alpha value is -2.00. The van der Waals surface area contributed by atoms with E-state index in [1.54, 1.807) is 18.2 Å². The molecule has 27 heavy (non-hydrogen) atoms. The van der Waals surface area contributed by atoms with Crippen molar-refractivity contribution in [1.29, 1.82) is 0 Å². The molecule has 0 spiro atoms. The maximum atomic E-state index is 12.4. The summed E-state index contributed by atoms with van der Waals surface area (Å²) in [7, 11) is -3.20. The molecule has 148 valence electrons. The first-order valence-corrected chi connectivity index (χ1v) is 10.6. The summed E-state index contributed by atoms with van der Waals surface area (Å²) in [5.41, 5.74) is 0.336. The van der Waals surface area contributed by atoms with Crippen LogP contribution in [0.4, 0.5) is 8.78 Å². The van der Waals surface area contributed by atoms with Crippen molar-refractivity contribution >= 4 is 21.8 Å². The van der Waals surface area contributed by atoms with E-state index in [1.165, 1.54) is 18.2 Å². The number of hydrogen-bond acceptors (Lipinski definition) is 5. The first kappa shape index (κ1) is 19.8. The van der Waals surface area contributed by atoms with Crippen molar-refractivity contribution in [3.05, 3.63) is 35.9 Å². The number of nitrogens with zero attached hydrogens (tertiary/aromatic N) is 1. The number of benzene rings is 1. The molecule has 2 saturated heterocycles. The third kappa shape index (κ3) is 5.26. The SMILES string of the molecule is O=C(/C=C/c1ccccc1OC(F)F)NC1CS(=O)(=O)CC1N1CCCC1. The standard InChI is InChI=1S/C18H22F2N2O4S/c19-18(20)26-16-6-2-1-5-13(16)7-8-17(23)21-14-11-27(24,25)12-15(14)22-9-3-4-10-22/h1-2,5-8,14-15,18H,3-4,9-12H2,(H,21,23)/b8-7+. The molecule has 2 aliphatic heterocycles. The van der Waals surface area contributed by atoms with Gasteiger partial charge in [-0.2, -0.15) is 8.78 Å². The number of halogens is 2. The Morgan fingerprint density at radius 3 is 2.63 bits per heavy atom. The van der Waals surface area contributed by atoms with Gasteiger partial charge in [-0.05, 0) is 38.1 Å². The lowest BCUT2D eigenvalue weighted by molar-refractivity contribution is -0.117. The van der Waals surface area contributed by atoms with Crippen molar-refractivity contribution in [2.45, 2.75) is 31.5 Å². The number of para-hydroxylation sites is 1. The van der Waals surface area contributed by atoms with E-state index >= 15 is 0 Å². The Kier molecular flexibility index (Phi) is 6.11. The second-order valence-corrected chi connectivity index (χ2v) is 8.91. The number of likely N-dealkylation sites (tertiary alicyclic amines) is 1. The highest BCUT2D eigenvalue weighted by molar-refractivity contribution is 7.91. The van der Waals surface area contributed by atoms with Crippen LogP contribution in [0.15, 0.2) is 30.3 Å². The van der Waals surface area contributed by atoms with Gasteiger partial charge in [-0.1, -0.05) is 18.2 Å². The van der Waals surface area contributed by atoms with Crippen LogP contribution in [0.5, 0.6) is 5.75 Å². The van der Waals surface area contributed by atoms with Gasteiger partial charge in [0, 0.05) is 17.7 Å². The molecular weight excluding hydrogens is 378 g/mol. The molecule has 6 nitrogen and oxygen atoms in total. The number of amides is 1. The van der Waals surface area contributed by atoms with Crippen LogP contribution in [-0.2, 0) is 14.6 Å². The van der Waals surface area contributed by atoms with E-state index in [0.717, 1.165) is 25.9 Å². The van der Waals surface area contributed by atoms with Crippen molar-refractivity contribution in [2.24, 2.45) is 0 Å². The Balaban J connectivity index is 1.67. The molecule has 1 N–H and O–H groups in total. The molecule has 2 aliphatic rings. The molecular formula is C18H22F2N2O4S. The van der Waals surface area contributed by atoms with Gasteiger partial charge in [0.05, 0.1) is 17.5 Å². The Morgan fingerprint density at radius 1 is 1.22 bits per heavy atom. The monoisotopic (exact) mass is 400 g/mol. The first-order chi connectivity index (χ1) is 12.8. The maximum absolute atomic E-state index is 12.4. The second kappa shape index (κ2) is 8.35. The lowest BCUT2D eigenvalue weighted by Gasteiger charge is -2.28. The molecule has 1 aromatic rings. The number of carbonyl (C=O) groups is 1. The van der Waals surface area contributed by atoms with E-state index in [-0.39, 0.29) is 23.3 Å². The molecule has 3 rings (SSSR count). The minimum Gasteiger partial charge on any atom is -0.434 e. The molecule has 0 aromatic heterocycles. The van der Waals surface area contributed by atoms with E-state index in [9.17, 15) is 22.0 Å². The van der Waals surface area contributed by atoms with Crippen LogP contribution in [-0.4, -0.2) is 62.5 Å². The molecule has 0 radical (unpaired) electrons. The van der Waals surface area contributed by atoms with Gasteiger partial charge in [-0.15, -0.1) is 0 Å². The summed E-state index contributed by atoms with van der Waals surface area (Å²) in [6, 6.07) is 5.44. The van der Waals surface area contributed by atoms with Gasteiger partial charge in [0.2, 0.25) is 5.91 Å². The summed E-state index contributed by atoms with van der Waals surface area (Å²) in [4.78, 5) is 14.4. The third-order valence-corrected chi connectivity index (χ3v) is 6.53. The average molecular weight is 400 g/mol. The zero-order valence-corrected chi connectivity index (χ0v) is 15.5. The van der Waals surface area contributed by atoms with E-state index in [4.69, 9.17) is 0 Å². The number of rotatable bonds is 6. The van der Waals surface area contributed by atoms with E-state index in [1.807, 2.05) is 0 Å². The molecule has 0 aliphatic carbocycles. The predicted octanol–water partition coefficient (Wildman–Crippen LogP) is 1.68. The summed E-state index contributed by atoms with van der Waals surface area (Å²) in [5.74, 6) is -0.533. The van der Waals surface area contributed by atoms with Gasteiger partial charge in [0.25, 0.3) is 0 Å². The zero-order valence-electron chi connectivity index (χ0n) is 14.7. The van der Waals surface area contributed by atoms with Crippen molar-refractivity contribution in [3.63, 3.8) is 0 Å². The lowest BCUT2D eigenvalue weighted by atomic mass is 10.1. The van der Waals surface area contributed by atoms with Gasteiger partial charge in [-0.25, -0.2) is 8.42 Å². The highest BCUT2D eigenvalue weighted by Crippen LogP contribution is 2.23. The number of sulfone groups is 1. The van der Waals surface area contributed by atoms with Crippen molar-refractivity contribution in [1.82, 2.24) is 10.2 Å². The molecule has 2 heterocycles. The molecule has 2 atom stereocenters. The second-order valence-electron chi connectivity index (χ2n) is 6.75. The van der Waals surface area contributed by atoms with Gasteiger partial charge < -0.3 is 10.1 Å². The summed E-state index contributed by atoms with van der Waals surface area (Å²) < 4.78 is 53.4. The zero-order chi connectivity index (χ0) is 19.4. The summed E-state index contributed by atoms with van der Waals surface area (Å²) in [5, 5.41) is 2.76. The molecule has 0 bridgehead atoms. The molecule has 9 heteroatoms. The molecule has 1 aromatic carbocycles. The smallest absolute Gasteiger partial charge is 0.387 e. The number of nitrogens with one attached hydrogen (secondary N) is 1. The number of alkyl halides is 2. The van der Waals surface area contributed by atoms with Crippen LogP contribution < -0.4 is 10.1 Å². The van der Waals surface area contributed by atoms with Crippen LogP contribution in [0.25, 0.3) is 6.08 Å². The normalized spacial score (nSPS) is 25.3. The van der Waals surface area contributed by atoms with Crippen LogP contribution in [0.3, 0.4) is 0 Å². The van der Waals surface area contributed by atoms with Crippen molar-refractivity contribution in [2.75, 3.05) is 24.6 Å². The fourth-order valence-electron chi connectivity index (χ4n) is 3.62. The van der Waals surface area contributed by atoms with E-state index < -0.39 is 28.4 Å². The largest absolute Gasteiger partial charge is 0.434 e. The van der Waals surface area contributed by atoms with E-state index in [2.05, 4.69) is 15.0 Å². The van der Waals surface area contributed by atoms with Gasteiger partial charge in [0.1, 0.15) is 5.75 Å². The summed E-state index contributed by atoms with van der Waals surface area (Å²) in [6.45, 7) is -1.29. The molecule has 1 amide bonds. The third-order valence-electron chi connectivity index (χ3n) is 4.81. The molecule has 2 unspecified atom stereocenters. The highest BCUT2D eigenvalue weighted by atomic mass is 32.2. The predicted molar refractivity (Wildman–Crippen MR) is 97.3 cm³/mol. The highest BCUT2D eigenvalue weighted by Gasteiger charge is 2.42. The summed E-state index contributed by atoms with van der Waals surface area (Å²) in [6.07, 6.45) is 4.64. The number of hydrogen-bond donors (Lipinski definition) is 1. The molecule has 0 saturated carbocycles. The minimum atomic E-state index is -3.20.